The minimum absolute atomic E-state index is 0.293. The zero-order valence-corrected chi connectivity index (χ0v) is 9.21. The Morgan fingerprint density at radius 1 is 1.47 bits per heavy atom. The predicted octanol–water partition coefficient (Wildman–Crippen LogP) is -0.122. The average molecular weight is 233 g/mol. The Morgan fingerprint density at radius 2 is 2.24 bits per heavy atom. The maximum atomic E-state index is 12.0. The highest BCUT2D eigenvalue weighted by Gasteiger charge is 2.36. The van der Waals surface area contributed by atoms with Gasteiger partial charge >= 0.3 is 6.03 Å². The fraction of sp³-hybridized carbons (Fsp3) is 0.273. The molecule has 0 aromatic rings. The van der Waals surface area contributed by atoms with E-state index in [1.165, 1.54) is 7.05 Å². The normalized spacial score (nSPS) is 22.3. The lowest BCUT2D eigenvalue weighted by atomic mass is 9.95. The van der Waals surface area contributed by atoms with E-state index in [1.54, 1.807) is 24.3 Å². The Balaban J connectivity index is 2.26. The van der Waals surface area contributed by atoms with Crippen molar-refractivity contribution in [1.82, 2.24) is 10.2 Å². The zero-order chi connectivity index (χ0) is 12.4. The van der Waals surface area contributed by atoms with Gasteiger partial charge in [0, 0.05) is 7.05 Å². The Labute approximate surface area is 97.7 Å². The zero-order valence-electron chi connectivity index (χ0n) is 9.21. The first-order chi connectivity index (χ1) is 8.13. The van der Waals surface area contributed by atoms with Crippen molar-refractivity contribution in [2.75, 3.05) is 13.6 Å². The van der Waals surface area contributed by atoms with Gasteiger partial charge < -0.3 is 5.32 Å². The third-order valence-electron chi connectivity index (χ3n) is 2.57. The second-order valence-electron chi connectivity index (χ2n) is 3.64. The molecule has 0 aromatic carbocycles. The van der Waals surface area contributed by atoms with Crippen LogP contribution in [0.15, 0.2) is 29.3 Å². The Morgan fingerprint density at radius 3 is 2.94 bits per heavy atom. The van der Waals surface area contributed by atoms with Gasteiger partial charge in [-0.3, -0.25) is 14.5 Å². The Hall–Kier alpha value is -2.24. The monoisotopic (exact) mass is 233 g/mol. The summed E-state index contributed by atoms with van der Waals surface area (Å²) >= 11 is 0. The molecular weight excluding hydrogens is 222 g/mol. The molecule has 0 radical (unpaired) electrons. The molecule has 1 heterocycles. The standard InChI is InChI=1S/C11H11N3O3/c1-12-9(15)6-14-10(16)7-4-2-3-5-8(7)13-11(14)17/h2-5,7H,6H2,1H3,(H,12,15). The summed E-state index contributed by atoms with van der Waals surface area (Å²) in [4.78, 5) is 39.4. The first-order valence-electron chi connectivity index (χ1n) is 5.13. The third-order valence-corrected chi connectivity index (χ3v) is 2.57. The van der Waals surface area contributed by atoms with E-state index in [4.69, 9.17) is 0 Å². The van der Waals surface area contributed by atoms with Crippen LogP contribution in [0.25, 0.3) is 0 Å². The molecule has 4 amide bonds. The molecule has 2 aliphatic rings. The van der Waals surface area contributed by atoms with Crippen molar-refractivity contribution >= 4 is 23.6 Å². The molecule has 0 aromatic heterocycles. The fourth-order valence-corrected chi connectivity index (χ4v) is 1.65. The number of likely N-dealkylation sites (N-methyl/N-ethyl adjacent to an activating group) is 1. The molecule has 1 atom stereocenters. The van der Waals surface area contributed by atoms with Crippen LogP contribution in [0.2, 0.25) is 0 Å². The van der Waals surface area contributed by atoms with E-state index in [0.717, 1.165) is 4.90 Å². The smallest absolute Gasteiger partial charge is 0.351 e. The number of fused-ring (bicyclic) bond motifs is 1. The number of aliphatic imine (C=N–C) groups is 1. The summed E-state index contributed by atoms with van der Waals surface area (Å²) in [5.41, 5.74) is 0.427. The topological polar surface area (TPSA) is 78.8 Å². The Bertz CT molecular complexity index is 476. The van der Waals surface area contributed by atoms with Crippen LogP contribution in [0.1, 0.15) is 0 Å². The van der Waals surface area contributed by atoms with Gasteiger partial charge in [0.05, 0.1) is 11.6 Å². The van der Waals surface area contributed by atoms with Crippen molar-refractivity contribution < 1.29 is 14.4 Å². The van der Waals surface area contributed by atoms with Crippen LogP contribution < -0.4 is 5.32 Å². The summed E-state index contributed by atoms with van der Waals surface area (Å²) in [6, 6.07) is -0.690. The molecule has 1 aliphatic heterocycles. The molecule has 2 rings (SSSR count). The van der Waals surface area contributed by atoms with Crippen LogP contribution in [0.3, 0.4) is 0 Å². The molecule has 0 bridgehead atoms. The molecule has 17 heavy (non-hydrogen) atoms. The van der Waals surface area contributed by atoms with E-state index in [-0.39, 0.29) is 6.54 Å². The van der Waals surface area contributed by atoms with Crippen molar-refractivity contribution in [3.63, 3.8) is 0 Å². The van der Waals surface area contributed by atoms with E-state index in [9.17, 15) is 14.4 Å². The summed E-state index contributed by atoms with van der Waals surface area (Å²) in [6.07, 6.45) is 6.71. The van der Waals surface area contributed by atoms with E-state index in [0.29, 0.717) is 5.71 Å². The van der Waals surface area contributed by atoms with Gasteiger partial charge in [-0.25, -0.2) is 4.79 Å². The van der Waals surface area contributed by atoms with E-state index in [2.05, 4.69) is 10.3 Å². The molecule has 0 fully saturated rings. The number of urea groups is 1. The highest BCUT2D eigenvalue weighted by Crippen LogP contribution is 2.19. The van der Waals surface area contributed by atoms with Gasteiger partial charge in [0.25, 0.3) is 0 Å². The number of imide groups is 1. The first kappa shape index (κ1) is 11.3. The summed E-state index contributed by atoms with van der Waals surface area (Å²) in [5, 5.41) is 2.36. The lowest BCUT2D eigenvalue weighted by Gasteiger charge is -2.27. The van der Waals surface area contributed by atoms with E-state index < -0.39 is 23.8 Å². The second-order valence-corrected chi connectivity index (χ2v) is 3.64. The predicted molar refractivity (Wildman–Crippen MR) is 60.4 cm³/mol. The van der Waals surface area contributed by atoms with Gasteiger partial charge in [-0.1, -0.05) is 18.2 Å². The summed E-state index contributed by atoms with van der Waals surface area (Å²) in [7, 11) is 1.44. The minimum atomic E-state index is -0.690. The third kappa shape index (κ3) is 2.01. The average Bonchev–Trinajstić information content (AvgIpc) is 2.34. The van der Waals surface area contributed by atoms with Gasteiger partial charge in [-0.05, 0) is 6.08 Å². The van der Waals surface area contributed by atoms with Crippen molar-refractivity contribution in [2.24, 2.45) is 10.9 Å². The first-order valence-corrected chi connectivity index (χ1v) is 5.13. The minimum Gasteiger partial charge on any atom is -0.358 e. The van der Waals surface area contributed by atoms with Crippen molar-refractivity contribution in [1.29, 1.82) is 0 Å². The van der Waals surface area contributed by atoms with Crippen LogP contribution in [0.4, 0.5) is 4.79 Å². The van der Waals surface area contributed by atoms with Crippen LogP contribution in [-0.4, -0.2) is 42.0 Å². The lowest BCUT2D eigenvalue weighted by Crippen LogP contribution is -2.49. The summed E-state index contributed by atoms with van der Waals surface area (Å²) < 4.78 is 0. The lowest BCUT2D eigenvalue weighted by molar-refractivity contribution is -0.133. The number of carbonyl (C=O) groups excluding carboxylic acids is 3. The van der Waals surface area contributed by atoms with Gasteiger partial charge in [-0.15, -0.1) is 0 Å². The summed E-state index contributed by atoms with van der Waals surface area (Å²) in [5.74, 6) is -1.37. The number of amides is 4. The number of rotatable bonds is 2. The SMILES string of the molecule is CNC(=O)CN1C(=O)N=C2C=CC=CC2C1=O. The number of nitrogens with one attached hydrogen (secondary N) is 1. The molecule has 88 valence electrons. The van der Waals surface area contributed by atoms with Crippen LogP contribution in [0.5, 0.6) is 0 Å². The maximum Gasteiger partial charge on any atom is 0.351 e. The highest BCUT2D eigenvalue weighted by atomic mass is 16.2. The van der Waals surface area contributed by atoms with Gasteiger partial charge in [0.2, 0.25) is 11.8 Å². The number of allylic oxidation sites excluding steroid dienone is 3. The number of carbonyl (C=O) groups is 3. The van der Waals surface area contributed by atoms with Crippen LogP contribution in [0, 0.1) is 5.92 Å². The van der Waals surface area contributed by atoms with Crippen molar-refractivity contribution in [3.8, 4) is 0 Å². The second kappa shape index (κ2) is 4.32. The van der Waals surface area contributed by atoms with Gasteiger partial charge in [0.15, 0.2) is 0 Å². The van der Waals surface area contributed by atoms with E-state index in [1.807, 2.05) is 0 Å². The van der Waals surface area contributed by atoms with Gasteiger partial charge in [0.1, 0.15) is 6.54 Å². The number of nitrogens with zero attached hydrogens (tertiary/aromatic N) is 2. The molecule has 0 saturated heterocycles. The van der Waals surface area contributed by atoms with Crippen LogP contribution >= 0.6 is 0 Å². The van der Waals surface area contributed by atoms with Crippen molar-refractivity contribution in [2.45, 2.75) is 0 Å². The highest BCUT2D eigenvalue weighted by molar-refractivity contribution is 6.22. The van der Waals surface area contributed by atoms with E-state index >= 15 is 0 Å². The van der Waals surface area contributed by atoms with Gasteiger partial charge in [-0.2, -0.15) is 4.99 Å². The maximum absolute atomic E-state index is 12.0. The fourth-order valence-electron chi connectivity index (χ4n) is 1.65. The molecule has 0 spiro atoms. The molecule has 1 N–H and O–H groups in total. The Kier molecular flexibility index (Phi) is 2.86. The molecule has 6 heteroatoms. The molecule has 1 aliphatic carbocycles. The quantitative estimate of drug-likeness (QED) is 0.722. The number of hydrogen-bond acceptors (Lipinski definition) is 3. The summed E-state index contributed by atoms with van der Waals surface area (Å²) in [6.45, 7) is -0.293. The van der Waals surface area contributed by atoms with Crippen molar-refractivity contribution in [3.05, 3.63) is 24.3 Å². The molecule has 1 unspecified atom stereocenters. The number of hydrogen-bond donors (Lipinski definition) is 1. The largest absolute Gasteiger partial charge is 0.358 e. The molecular formula is C11H11N3O3. The van der Waals surface area contributed by atoms with Crippen LogP contribution in [-0.2, 0) is 9.59 Å². The molecule has 0 saturated carbocycles. The molecule has 6 nitrogen and oxygen atoms in total.